The van der Waals surface area contributed by atoms with E-state index in [2.05, 4.69) is 19.1 Å². The van der Waals surface area contributed by atoms with Gasteiger partial charge < -0.3 is 0 Å². The normalized spacial score (nSPS) is 12.8. The van der Waals surface area contributed by atoms with Gasteiger partial charge in [0, 0.05) is 10.4 Å². The van der Waals surface area contributed by atoms with Crippen LogP contribution in [0.15, 0.2) is 18.2 Å². The second kappa shape index (κ2) is 6.40. The Hall–Kier alpha value is -0.200. The molecule has 0 radical (unpaired) electrons. The van der Waals surface area contributed by atoms with Gasteiger partial charge in [-0.05, 0) is 49.8 Å². The number of halogens is 2. The van der Waals surface area contributed by atoms with Gasteiger partial charge in [-0.2, -0.15) is 0 Å². The zero-order valence-electron chi connectivity index (χ0n) is 9.39. The van der Waals surface area contributed by atoms with E-state index in [1.807, 2.05) is 13.0 Å². The SMILES string of the molecule is CCC(Cl)CCCc1ccc(Cl)c(C)c1. The number of alkyl halides is 1. The molecule has 1 atom stereocenters. The molecule has 0 saturated heterocycles. The van der Waals surface area contributed by atoms with E-state index in [9.17, 15) is 0 Å². The number of aryl methyl sites for hydroxylation is 2. The first kappa shape index (κ1) is 12.9. The third-order valence-electron chi connectivity index (χ3n) is 2.65. The molecule has 1 unspecified atom stereocenters. The Morgan fingerprint density at radius 2 is 2.07 bits per heavy atom. The van der Waals surface area contributed by atoms with Crippen LogP contribution in [0.2, 0.25) is 5.02 Å². The van der Waals surface area contributed by atoms with Crippen LogP contribution >= 0.6 is 23.2 Å². The van der Waals surface area contributed by atoms with Crippen LogP contribution in [-0.4, -0.2) is 5.38 Å². The average molecular weight is 245 g/mol. The summed E-state index contributed by atoms with van der Waals surface area (Å²) in [6, 6.07) is 6.24. The van der Waals surface area contributed by atoms with Gasteiger partial charge in [0.15, 0.2) is 0 Å². The molecule has 1 aromatic rings. The predicted molar refractivity (Wildman–Crippen MR) is 69.1 cm³/mol. The van der Waals surface area contributed by atoms with E-state index in [4.69, 9.17) is 23.2 Å². The molecule has 0 heterocycles. The van der Waals surface area contributed by atoms with Gasteiger partial charge in [0.1, 0.15) is 0 Å². The van der Waals surface area contributed by atoms with E-state index in [1.165, 1.54) is 5.56 Å². The largest absolute Gasteiger partial charge is 0.123 e. The van der Waals surface area contributed by atoms with Crippen LogP contribution in [0.1, 0.15) is 37.3 Å². The summed E-state index contributed by atoms with van der Waals surface area (Å²) in [7, 11) is 0. The zero-order valence-corrected chi connectivity index (χ0v) is 10.9. The van der Waals surface area contributed by atoms with E-state index >= 15 is 0 Å². The van der Waals surface area contributed by atoms with Crippen molar-refractivity contribution >= 4 is 23.2 Å². The second-order valence-corrected chi connectivity index (χ2v) is 5.01. The molecule has 84 valence electrons. The Bertz CT molecular complexity index is 307. The first-order valence-corrected chi connectivity index (χ1v) is 6.34. The quantitative estimate of drug-likeness (QED) is 0.641. The monoisotopic (exact) mass is 244 g/mol. The number of hydrogen-bond acceptors (Lipinski definition) is 0. The van der Waals surface area contributed by atoms with E-state index in [0.717, 1.165) is 36.3 Å². The first-order valence-electron chi connectivity index (χ1n) is 5.52. The molecule has 0 fully saturated rings. The van der Waals surface area contributed by atoms with Gasteiger partial charge >= 0.3 is 0 Å². The summed E-state index contributed by atoms with van der Waals surface area (Å²) in [6.07, 6.45) is 4.41. The minimum absolute atomic E-state index is 0.332. The third-order valence-corrected chi connectivity index (χ3v) is 3.60. The molecule has 0 nitrogen and oxygen atoms in total. The predicted octanol–water partition coefficient (Wildman–Crippen LogP) is 4.99. The van der Waals surface area contributed by atoms with Crippen molar-refractivity contribution in [3.63, 3.8) is 0 Å². The number of benzene rings is 1. The van der Waals surface area contributed by atoms with Crippen LogP contribution in [-0.2, 0) is 6.42 Å². The van der Waals surface area contributed by atoms with Gasteiger partial charge in [-0.1, -0.05) is 30.7 Å². The molecule has 0 N–H and O–H groups in total. The number of hydrogen-bond donors (Lipinski definition) is 0. The van der Waals surface area contributed by atoms with Crippen molar-refractivity contribution < 1.29 is 0 Å². The average Bonchev–Trinajstić information content (AvgIpc) is 2.23. The summed E-state index contributed by atoms with van der Waals surface area (Å²) < 4.78 is 0. The molecule has 0 saturated carbocycles. The lowest BCUT2D eigenvalue weighted by Crippen LogP contribution is -1.97. The minimum Gasteiger partial charge on any atom is -0.123 e. The van der Waals surface area contributed by atoms with E-state index in [1.54, 1.807) is 0 Å². The maximum Gasteiger partial charge on any atom is 0.0435 e. The molecule has 0 amide bonds. The topological polar surface area (TPSA) is 0 Å². The fourth-order valence-corrected chi connectivity index (χ4v) is 1.87. The maximum absolute atomic E-state index is 6.07. The Balaban J connectivity index is 2.41. The highest BCUT2D eigenvalue weighted by Gasteiger charge is 2.02. The highest BCUT2D eigenvalue weighted by atomic mass is 35.5. The Labute approximate surface area is 103 Å². The lowest BCUT2D eigenvalue weighted by atomic mass is 10.0. The molecule has 0 bridgehead atoms. The highest BCUT2D eigenvalue weighted by molar-refractivity contribution is 6.31. The first-order chi connectivity index (χ1) is 7.13. The summed E-state index contributed by atoms with van der Waals surface area (Å²) in [6.45, 7) is 4.17. The van der Waals surface area contributed by atoms with Gasteiger partial charge in [-0.25, -0.2) is 0 Å². The smallest absolute Gasteiger partial charge is 0.0435 e. The van der Waals surface area contributed by atoms with Crippen LogP contribution < -0.4 is 0 Å². The number of rotatable bonds is 5. The van der Waals surface area contributed by atoms with Crippen molar-refractivity contribution in [3.05, 3.63) is 34.3 Å². The highest BCUT2D eigenvalue weighted by Crippen LogP contribution is 2.18. The van der Waals surface area contributed by atoms with Crippen LogP contribution in [0.4, 0.5) is 0 Å². The van der Waals surface area contributed by atoms with E-state index in [-0.39, 0.29) is 0 Å². The van der Waals surface area contributed by atoms with Gasteiger partial charge in [0.05, 0.1) is 0 Å². The van der Waals surface area contributed by atoms with Crippen molar-refractivity contribution in [2.24, 2.45) is 0 Å². The Kier molecular flexibility index (Phi) is 5.49. The molecule has 0 aliphatic carbocycles. The molecule has 15 heavy (non-hydrogen) atoms. The summed E-state index contributed by atoms with van der Waals surface area (Å²) >= 11 is 12.0. The van der Waals surface area contributed by atoms with Gasteiger partial charge in [0.25, 0.3) is 0 Å². The minimum atomic E-state index is 0.332. The van der Waals surface area contributed by atoms with Crippen LogP contribution in [0, 0.1) is 6.92 Å². The van der Waals surface area contributed by atoms with Crippen molar-refractivity contribution in [1.82, 2.24) is 0 Å². The second-order valence-electron chi connectivity index (χ2n) is 3.98. The molecule has 0 aliphatic rings. The summed E-state index contributed by atoms with van der Waals surface area (Å²) in [5.41, 5.74) is 2.52. The molecular weight excluding hydrogens is 227 g/mol. The third kappa shape index (κ3) is 4.44. The van der Waals surface area contributed by atoms with Crippen molar-refractivity contribution in [1.29, 1.82) is 0 Å². The fourth-order valence-electron chi connectivity index (χ4n) is 1.59. The van der Waals surface area contributed by atoms with E-state index < -0.39 is 0 Å². The summed E-state index contributed by atoms with van der Waals surface area (Å²) in [4.78, 5) is 0. The molecule has 2 heteroatoms. The van der Waals surface area contributed by atoms with Crippen molar-refractivity contribution in [2.75, 3.05) is 0 Å². The standard InChI is InChI=1S/C13H18Cl2/c1-3-12(14)6-4-5-11-7-8-13(15)10(2)9-11/h7-9,12H,3-6H2,1-2H3. The molecule has 0 aromatic heterocycles. The van der Waals surface area contributed by atoms with Gasteiger partial charge in [-0.3, -0.25) is 0 Å². The molecule has 1 rings (SSSR count). The van der Waals surface area contributed by atoms with Gasteiger partial charge in [0.2, 0.25) is 0 Å². The van der Waals surface area contributed by atoms with Crippen LogP contribution in [0.25, 0.3) is 0 Å². The molecule has 1 aromatic carbocycles. The Morgan fingerprint density at radius 1 is 1.33 bits per heavy atom. The molecule has 0 aliphatic heterocycles. The van der Waals surface area contributed by atoms with Crippen molar-refractivity contribution in [2.45, 2.75) is 44.9 Å². The van der Waals surface area contributed by atoms with Crippen molar-refractivity contribution in [3.8, 4) is 0 Å². The lowest BCUT2D eigenvalue weighted by Gasteiger charge is -2.07. The van der Waals surface area contributed by atoms with E-state index in [0.29, 0.717) is 5.38 Å². The van der Waals surface area contributed by atoms with Crippen LogP contribution in [0.5, 0.6) is 0 Å². The van der Waals surface area contributed by atoms with Gasteiger partial charge in [-0.15, -0.1) is 11.6 Å². The Morgan fingerprint density at radius 3 is 2.67 bits per heavy atom. The summed E-state index contributed by atoms with van der Waals surface area (Å²) in [5, 5.41) is 1.18. The molecule has 0 spiro atoms. The molecular formula is C13H18Cl2. The fraction of sp³-hybridized carbons (Fsp3) is 0.538. The lowest BCUT2D eigenvalue weighted by molar-refractivity contribution is 0.674. The maximum atomic E-state index is 6.07. The zero-order chi connectivity index (χ0) is 11.3. The summed E-state index contributed by atoms with van der Waals surface area (Å²) in [5.74, 6) is 0. The van der Waals surface area contributed by atoms with Crippen LogP contribution in [0.3, 0.4) is 0 Å².